The standard InChI is InChI=1S/C34H36N2O10S2/c1-21(8-6-10-28-33(2,3)24-18-22(31(37)38)12-14-26(24)35(28)16-17-47(41,42)43)9-7-11-29-34(4,5)25-19-23(32(39)40)13-15-27(25)36(29)20-30(36)48(44,45)46/h6-15,18-19,30H,16-17,20H2,1-5H3,(H2-2,37,38,39,40,41,42,43,44,45,46)/p+2/b9-7?,10-6?,21-8?,29-11+. The van der Waals surface area contributed by atoms with E-state index in [1.54, 1.807) is 47.1 Å². The van der Waals surface area contributed by atoms with E-state index in [1.807, 2.05) is 52.8 Å². The van der Waals surface area contributed by atoms with E-state index in [2.05, 4.69) is 0 Å². The SMILES string of the molecule is CC(C=C/C=C1\C(C)(C)c2cc(C(=O)O)ccc2[N+]12CC2S(=O)(=O)O)=CC=CC1=[N+](CCS(=O)(=O)O)c2ccc(C(=O)O)cc2C1(C)C. The Labute approximate surface area is 279 Å². The summed E-state index contributed by atoms with van der Waals surface area (Å²) < 4.78 is 68.9. The Balaban J connectivity index is 1.47. The third-order valence-corrected chi connectivity index (χ3v) is 11.4. The lowest BCUT2D eigenvalue weighted by atomic mass is 9.81. The van der Waals surface area contributed by atoms with Gasteiger partial charge in [-0.05, 0) is 65.0 Å². The van der Waals surface area contributed by atoms with E-state index in [0.717, 1.165) is 5.57 Å². The molecule has 3 aliphatic rings. The van der Waals surface area contributed by atoms with Gasteiger partial charge in [-0.15, -0.1) is 0 Å². The van der Waals surface area contributed by atoms with Crippen molar-refractivity contribution in [3.05, 3.63) is 106 Å². The number of quaternary nitrogens is 1. The molecule has 0 aromatic heterocycles. The summed E-state index contributed by atoms with van der Waals surface area (Å²) in [5.41, 5.74) is 3.61. The Hall–Kier alpha value is -4.21. The molecule has 48 heavy (non-hydrogen) atoms. The number of fused-ring (bicyclic) bond motifs is 3. The van der Waals surface area contributed by atoms with Crippen molar-refractivity contribution in [1.82, 2.24) is 4.48 Å². The van der Waals surface area contributed by atoms with E-state index in [0.29, 0.717) is 33.9 Å². The molecule has 1 saturated heterocycles. The van der Waals surface area contributed by atoms with Crippen LogP contribution in [0.5, 0.6) is 0 Å². The lowest BCUT2D eigenvalue weighted by Gasteiger charge is -2.21. The Kier molecular flexibility index (Phi) is 8.58. The molecule has 3 aliphatic heterocycles. The Morgan fingerprint density at radius 1 is 0.917 bits per heavy atom. The van der Waals surface area contributed by atoms with Crippen LogP contribution < -0.4 is 4.48 Å². The number of hydrogen-bond acceptors (Lipinski definition) is 6. The summed E-state index contributed by atoms with van der Waals surface area (Å²) in [6.07, 6.45) is 10.8. The number of carbonyl (C=O) groups is 2. The molecule has 0 saturated carbocycles. The molecule has 2 atom stereocenters. The molecular weight excluding hydrogens is 661 g/mol. The topological polar surface area (TPSA) is 186 Å². The zero-order valence-corrected chi connectivity index (χ0v) is 28.7. The molecule has 1 fully saturated rings. The van der Waals surface area contributed by atoms with E-state index >= 15 is 0 Å². The summed E-state index contributed by atoms with van der Waals surface area (Å²) in [4.78, 5) is 23.3. The summed E-state index contributed by atoms with van der Waals surface area (Å²) in [7, 11) is -8.67. The van der Waals surface area contributed by atoms with Crippen molar-refractivity contribution in [2.24, 2.45) is 0 Å². The second-order valence-corrected chi connectivity index (χ2v) is 16.5. The molecule has 0 radical (unpaired) electrons. The van der Waals surface area contributed by atoms with Crippen molar-refractivity contribution >= 4 is 49.3 Å². The number of carboxylic acid groups (broad SMARTS) is 2. The average molecular weight is 699 g/mol. The molecule has 2 aromatic carbocycles. The van der Waals surface area contributed by atoms with Gasteiger partial charge in [0.15, 0.2) is 18.8 Å². The molecule has 4 N–H and O–H groups in total. The predicted octanol–water partition coefficient (Wildman–Crippen LogP) is 4.82. The maximum Gasteiger partial charge on any atom is 0.335 e. The maximum absolute atomic E-state index is 12.3. The van der Waals surface area contributed by atoms with Crippen LogP contribution in [0.4, 0.5) is 11.4 Å². The molecule has 12 nitrogen and oxygen atoms in total. The van der Waals surface area contributed by atoms with Crippen molar-refractivity contribution in [1.29, 1.82) is 0 Å². The van der Waals surface area contributed by atoms with Gasteiger partial charge in [0.05, 0.1) is 22.0 Å². The number of allylic oxidation sites excluding steroid dienone is 8. The number of nitrogens with zero attached hydrogens (tertiary/aromatic N) is 2. The molecule has 5 rings (SSSR count). The zero-order valence-electron chi connectivity index (χ0n) is 27.1. The van der Waals surface area contributed by atoms with Crippen LogP contribution in [0, 0.1) is 0 Å². The highest BCUT2D eigenvalue weighted by Gasteiger charge is 2.73. The number of benzene rings is 2. The van der Waals surface area contributed by atoms with Crippen molar-refractivity contribution in [3.8, 4) is 0 Å². The third-order valence-electron chi connectivity index (χ3n) is 9.50. The first kappa shape index (κ1) is 35.1. The Bertz CT molecular complexity index is 2140. The summed E-state index contributed by atoms with van der Waals surface area (Å²) in [6, 6.07) is 9.26. The molecule has 0 aliphatic carbocycles. The van der Waals surface area contributed by atoms with E-state index < -0.39 is 54.1 Å². The summed E-state index contributed by atoms with van der Waals surface area (Å²) in [6.45, 7) is 9.51. The summed E-state index contributed by atoms with van der Waals surface area (Å²) in [5.74, 6) is -2.71. The molecule has 254 valence electrons. The van der Waals surface area contributed by atoms with Gasteiger partial charge in [-0.1, -0.05) is 29.9 Å². The highest BCUT2D eigenvalue weighted by molar-refractivity contribution is 7.86. The first-order valence-corrected chi connectivity index (χ1v) is 18.2. The third kappa shape index (κ3) is 6.10. The Morgan fingerprint density at radius 3 is 2.08 bits per heavy atom. The maximum atomic E-state index is 12.3. The fourth-order valence-corrected chi connectivity index (χ4v) is 8.57. The van der Waals surface area contributed by atoms with Gasteiger partial charge in [-0.2, -0.15) is 21.4 Å². The fraction of sp³-hybridized carbons (Fsp3) is 0.324. The summed E-state index contributed by atoms with van der Waals surface area (Å²) in [5, 5.41) is 18.0. The van der Waals surface area contributed by atoms with Crippen LogP contribution in [-0.2, 0) is 31.1 Å². The van der Waals surface area contributed by atoms with Gasteiger partial charge in [0, 0.05) is 29.3 Å². The lowest BCUT2D eigenvalue weighted by Crippen LogP contribution is -2.33. The van der Waals surface area contributed by atoms with Gasteiger partial charge < -0.3 is 10.2 Å². The number of carboxylic acids is 2. The van der Waals surface area contributed by atoms with Crippen LogP contribution in [0.1, 0.15) is 66.5 Å². The van der Waals surface area contributed by atoms with Crippen LogP contribution in [0.3, 0.4) is 0 Å². The van der Waals surface area contributed by atoms with Crippen LogP contribution in [0.2, 0.25) is 0 Å². The molecule has 2 unspecified atom stereocenters. The van der Waals surface area contributed by atoms with Crippen LogP contribution in [0.15, 0.2) is 84.1 Å². The molecular formula is C34H38N2O10S2+2. The van der Waals surface area contributed by atoms with E-state index in [1.165, 1.54) is 12.1 Å². The fourth-order valence-electron chi connectivity index (χ4n) is 7.05. The van der Waals surface area contributed by atoms with E-state index in [-0.39, 0.29) is 28.7 Å². The first-order chi connectivity index (χ1) is 22.1. The quantitative estimate of drug-likeness (QED) is 0.0882. The molecule has 1 spiro atoms. The minimum atomic E-state index is -4.40. The minimum absolute atomic E-state index is 0.0474. The summed E-state index contributed by atoms with van der Waals surface area (Å²) >= 11 is 0. The molecule has 0 amide bonds. The van der Waals surface area contributed by atoms with Crippen molar-refractivity contribution in [2.75, 3.05) is 18.8 Å². The zero-order chi connectivity index (χ0) is 35.6. The highest BCUT2D eigenvalue weighted by atomic mass is 32.2. The van der Waals surface area contributed by atoms with Gasteiger partial charge in [-0.25, -0.2) is 14.1 Å². The molecule has 0 bridgehead atoms. The largest absolute Gasteiger partial charge is 0.478 e. The van der Waals surface area contributed by atoms with Crippen LogP contribution >= 0.6 is 0 Å². The minimum Gasteiger partial charge on any atom is -0.478 e. The van der Waals surface area contributed by atoms with Gasteiger partial charge in [0.2, 0.25) is 5.69 Å². The van der Waals surface area contributed by atoms with Crippen molar-refractivity contribution in [3.63, 3.8) is 0 Å². The number of rotatable bonds is 10. The Morgan fingerprint density at radius 2 is 1.52 bits per heavy atom. The van der Waals surface area contributed by atoms with Crippen molar-refractivity contribution in [2.45, 2.75) is 50.8 Å². The molecule has 2 aromatic rings. The second kappa shape index (κ2) is 11.7. The van der Waals surface area contributed by atoms with Gasteiger partial charge >= 0.3 is 22.1 Å². The molecule has 3 heterocycles. The number of hydrogen-bond donors (Lipinski definition) is 4. The number of aromatic carboxylic acids is 2. The van der Waals surface area contributed by atoms with Crippen LogP contribution in [0.25, 0.3) is 0 Å². The molecule has 14 heteroatoms. The highest BCUT2D eigenvalue weighted by Crippen LogP contribution is 2.60. The van der Waals surface area contributed by atoms with Gasteiger partial charge in [-0.3, -0.25) is 9.11 Å². The van der Waals surface area contributed by atoms with Crippen LogP contribution in [-0.4, -0.2) is 82.6 Å². The van der Waals surface area contributed by atoms with Gasteiger partial charge in [0.1, 0.15) is 17.1 Å². The smallest absolute Gasteiger partial charge is 0.335 e. The predicted molar refractivity (Wildman–Crippen MR) is 181 cm³/mol. The normalized spacial score (nSPS) is 23.8. The lowest BCUT2D eigenvalue weighted by molar-refractivity contribution is -0.432. The monoisotopic (exact) mass is 698 g/mol. The van der Waals surface area contributed by atoms with Crippen molar-refractivity contribution < 1.29 is 50.3 Å². The second-order valence-electron chi connectivity index (χ2n) is 13.3. The van der Waals surface area contributed by atoms with Gasteiger partial charge in [0.25, 0.3) is 15.5 Å². The first-order valence-electron chi connectivity index (χ1n) is 15.1. The van der Waals surface area contributed by atoms with E-state index in [4.69, 9.17) is 0 Å². The van der Waals surface area contributed by atoms with E-state index in [9.17, 15) is 45.7 Å². The average Bonchev–Trinajstić information content (AvgIpc) is 3.66.